The SMILES string of the molecule is CCCc1c(-c2cccc(C(F)(F)F)c2F)nn(C)c1N. The molecular weight excluding hydrogens is 286 g/mol. The third-order valence-electron chi connectivity index (χ3n) is 3.25. The van der Waals surface area contributed by atoms with Crippen molar-refractivity contribution in [3.63, 3.8) is 0 Å². The number of nitrogens with zero attached hydrogens (tertiary/aromatic N) is 2. The summed E-state index contributed by atoms with van der Waals surface area (Å²) in [4.78, 5) is 0. The van der Waals surface area contributed by atoms with Crippen molar-refractivity contribution >= 4 is 5.82 Å². The zero-order chi connectivity index (χ0) is 15.8. The van der Waals surface area contributed by atoms with Gasteiger partial charge in [0.05, 0.1) is 5.56 Å². The highest BCUT2D eigenvalue weighted by molar-refractivity contribution is 5.69. The summed E-state index contributed by atoms with van der Waals surface area (Å²) >= 11 is 0. The molecule has 0 bridgehead atoms. The number of alkyl halides is 3. The number of benzene rings is 1. The maximum atomic E-state index is 14.2. The van der Waals surface area contributed by atoms with E-state index < -0.39 is 17.6 Å². The lowest BCUT2D eigenvalue weighted by atomic mass is 10.0. The molecule has 0 amide bonds. The fourth-order valence-corrected chi connectivity index (χ4v) is 2.23. The molecule has 0 unspecified atom stereocenters. The van der Waals surface area contributed by atoms with E-state index >= 15 is 0 Å². The standard InChI is InChI=1S/C14H15F4N3/c1-3-5-9-12(20-21(2)13(9)19)8-6-4-7-10(11(8)15)14(16,17)18/h4,6-7H,3,5,19H2,1-2H3. The molecule has 0 saturated carbocycles. The Morgan fingerprint density at radius 2 is 1.95 bits per heavy atom. The summed E-state index contributed by atoms with van der Waals surface area (Å²) in [7, 11) is 1.57. The summed E-state index contributed by atoms with van der Waals surface area (Å²) in [6, 6.07) is 3.16. The molecule has 0 atom stereocenters. The molecule has 1 heterocycles. The molecule has 0 aliphatic heterocycles. The third-order valence-corrected chi connectivity index (χ3v) is 3.25. The number of nitrogen functional groups attached to an aromatic ring is 1. The minimum atomic E-state index is -4.74. The normalized spacial score (nSPS) is 11.9. The van der Waals surface area contributed by atoms with Gasteiger partial charge in [-0.3, -0.25) is 4.68 Å². The minimum absolute atomic E-state index is 0.167. The van der Waals surface area contributed by atoms with Crippen molar-refractivity contribution in [1.29, 1.82) is 0 Å². The van der Waals surface area contributed by atoms with Gasteiger partial charge in [-0.1, -0.05) is 19.4 Å². The van der Waals surface area contributed by atoms with Crippen molar-refractivity contribution in [3.05, 3.63) is 35.1 Å². The van der Waals surface area contributed by atoms with Gasteiger partial charge in [0.15, 0.2) is 0 Å². The van der Waals surface area contributed by atoms with Crippen molar-refractivity contribution in [2.45, 2.75) is 25.9 Å². The molecule has 0 radical (unpaired) electrons. The van der Waals surface area contributed by atoms with Gasteiger partial charge in [0.2, 0.25) is 0 Å². The van der Waals surface area contributed by atoms with Crippen molar-refractivity contribution in [1.82, 2.24) is 9.78 Å². The van der Waals surface area contributed by atoms with E-state index in [9.17, 15) is 17.6 Å². The van der Waals surface area contributed by atoms with Gasteiger partial charge < -0.3 is 5.73 Å². The first-order valence-corrected chi connectivity index (χ1v) is 6.44. The summed E-state index contributed by atoms with van der Waals surface area (Å²) in [6.07, 6.45) is -3.50. The number of nitrogens with two attached hydrogens (primary N) is 1. The number of rotatable bonds is 3. The summed E-state index contributed by atoms with van der Waals surface area (Å²) < 4.78 is 53.9. The molecule has 0 spiro atoms. The minimum Gasteiger partial charge on any atom is -0.384 e. The lowest BCUT2D eigenvalue weighted by Gasteiger charge is -2.11. The molecular formula is C14H15F4N3. The fraction of sp³-hybridized carbons (Fsp3) is 0.357. The van der Waals surface area contributed by atoms with Crippen LogP contribution in [0.2, 0.25) is 0 Å². The topological polar surface area (TPSA) is 43.8 Å². The van der Waals surface area contributed by atoms with Crippen LogP contribution in [0.25, 0.3) is 11.3 Å². The van der Waals surface area contributed by atoms with Gasteiger partial charge in [-0.05, 0) is 18.6 Å². The second kappa shape index (κ2) is 5.38. The molecule has 1 aromatic carbocycles. The van der Waals surface area contributed by atoms with Gasteiger partial charge in [0, 0.05) is 18.2 Å². The average molecular weight is 301 g/mol. The van der Waals surface area contributed by atoms with Crippen molar-refractivity contribution in [2.24, 2.45) is 7.05 Å². The summed E-state index contributed by atoms with van der Waals surface area (Å²) in [5.41, 5.74) is 5.11. The van der Waals surface area contributed by atoms with Crippen LogP contribution in [0.3, 0.4) is 0 Å². The molecule has 2 aromatic rings. The lowest BCUT2D eigenvalue weighted by Crippen LogP contribution is -2.09. The fourth-order valence-electron chi connectivity index (χ4n) is 2.23. The van der Waals surface area contributed by atoms with Crippen LogP contribution in [0.1, 0.15) is 24.5 Å². The molecule has 0 fully saturated rings. The van der Waals surface area contributed by atoms with Gasteiger partial charge in [-0.15, -0.1) is 0 Å². The Bertz CT molecular complexity index is 659. The van der Waals surface area contributed by atoms with Gasteiger partial charge in [-0.2, -0.15) is 18.3 Å². The highest BCUT2D eigenvalue weighted by Crippen LogP contribution is 2.37. The highest BCUT2D eigenvalue weighted by atomic mass is 19.4. The summed E-state index contributed by atoms with van der Waals surface area (Å²) in [6.45, 7) is 1.90. The zero-order valence-electron chi connectivity index (χ0n) is 11.6. The molecule has 2 N–H and O–H groups in total. The molecule has 114 valence electrons. The number of aromatic nitrogens is 2. The Morgan fingerprint density at radius 3 is 2.52 bits per heavy atom. The van der Waals surface area contributed by atoms with Crippen LogP contribution in [0.5, 0.6) is 0 Å². The molecule has 21 heavy (non-hydrogen) atoms. The van der Waals surface area contributed by atoms with Gasteiger partial charge in [-0.25, -0.2) is 4.39 Å². The first-order chi connectivity index (χ1) is 9.77. The Balaban J connectivity index is 2.66. The van der Waals surface area contributed by atoms with Crippen LogP contribution in [-0.2, 0) is 19.6 Å². The van der Waals surface area contributed by atoms with E-state index in [0.29, 0.717) is 23.9 Å². The average Bonchev–Trinajstić information content (AvgIpc) is 2.66. The van der Waals surface area contributed by atoms with Crippen molar-refractivity contribution < 1.29 is 17.6 Å². The molecule has 0 aliphatic rings. The Hall–Kier alpha value is -2.05. The van der Waals surface area contributed by atoms with E-state index in [2.05, 4.69) is 5.10 Å². The van der Waals surface area contributed by atoms with Crippen LogP contribution in [-0.4, -0.2) is 9.78 Å². The van der Waals surface area contributed by atoms with Crippen LogP contribution in [0, 0.1) is 5.82 Å². The summed E-state index contributed by atoms with van der Waals surface area (Å²) in [5, 5.41) is 4.07. The number of hydrogen-bond donors (Lipinski definition) is 1. The van der Waals surface area contributed by atoms with E-state index in [1.54, 1.807) is 7.05 Å². The molecule has 2 rings (SSSR count). The number of hydrogen-bond acceptors (Lipinski definition) is 2. The van der Waals surface area contributed by atoms with E-state index in [1.165, 1.54) is 16.8 Å². The molecule has 1 aromatic heterocycles. The largest absolute Gasteiger partial charge is 0.419 e. The Labute approximate surface area is 119 Å². The van der Waals surface area contributed by atoms with Crippen LogP contribution in [0.15, 0.2) is 18.2 Å². The second-order valence-electron chi connectivity index (χ2n) is 4.75. The van der Waals surface area contributed by atoms with E-state index in [4.69, 9.17) is 5.73 Å². The maximum Gasteiger partial charge on any atom is 0.419 e. The van der Waals surface area contributed by atoms with Gasteiger partial charge >= 0.3 is 6.18 Å². The van der Waals surface area contributed by atoms with Crippen molar-refractivity contribution in [3.8, 4) is 11.3 Å². The van der Waals surface area contributed by atoms with Crippen molar-refractivity contribution in [2.75, 3.05) is 5.73 Å². The first kappa shape index (κ1) is 15.3. The van der Waals surface area contributed by atoms with Gasteiger partial charge in [0.25, 0.3) is 0 Å². The maximum absolute atomic E-state index is 14.2. The Kier molecular flexibility index (Phi) is 3.93. The molecule has 0 aliphatic carbocycles. The van der Waals surface area contributed by atoms with E-state index in [1.807, 2.05) is 6.92 Å². The smallest absolute Gasteiger partial charge is 0.384 e. The Morgan fingerprint density at radius 1 is 1.29 bits per heavy atom. The monoisotopic (exact) mass is 301 g/mol. The zero-order valence-corrected chi connectivity index (χ0v) is 11.6. The van der Waals surface area contributed by atoms with E-state index in [0.717, 1.165) is 6.42 Å². The first-order valence-electron chi connectivity index (χ1n) is 6.44. The molecule has 3 nitrogen and oxygen atoms in total. The molecule has 7 heteroatoms. The predicted octanol–water partition coefficient (Wildman–Crippen LogP) is 3.78. The van der Waals surface area contributed by atoms with E-state index in [-0.39, 0.29) is 11.3 Å². The van der Waals surface area contributed by atoms with Crippen LogP contribution >= 0.6 is 0 Å². The number of halogens is 4. The van der Waals surface area contributed by atoms with Crippen LogP contribution < -0.4 is 5.73 Å². The number of anilines is 1. The lowest BCUT2D eigenvalue weighted by molar-refractivity contribution is -0.139. The molecule has 0 saturated heterocycles. The second-order valence-corrected chi connectivity index (χ2v) is 4.75. The number of aryl methyl sites for hydroxylation is 1. The third kappa shape index (κ3) is 2.72. The van der Waals surface area contributed by atoms with Gasteiger partial charge in [0.1, 0.15) is 17.3 Å². The summed E-state index contributed by atoms with van der Waals surface area (Å²) in [5.74, 6) is -0.982. The van der Waals surface area contributed by atoms with Crippen LogP contribution in [0.4, 0.5) is 23.4 Å². The highest BCUT2D eigenvalue weighted by Gasteiger charge is 2.35. The predicted molar refractivity (Wildman–Crippen MR) is 72.0 cm³/mol. The quantitative estimate of drug-likeness (QED) is 0.877.